The summed E-state index contributed by atoms with van der Waals surface area (Å²) in [5.41, 5.74) is 0.0429. The molecule has 0 aromatic heterocycles. The topological polar surface area (TPSA) is 162 Å². The van der Waals surface area contributed by atoms with Crippen molar-refractivity contribution in [3.05, 3.63) is 40.7 Å². The Morgan fingerprint density at radius 2 is 1.97 bits per heavy atom. The first kappa shape index (κ1) is 24.0. The summed E-state index contributed by atoms with van der Waals surface area (Å²) in [5, 5.41) is 15.2. The molecule has 3 N–H and O–H groups in total. The number of rotatable bonds is 6. The lowest BCUT2D eigenvalue weighted by molar-refractivity contribution is -0.136. The Labute approximate surface area is 200 Å². The van der Waals surface area contributed by atoms with Crippen LogP contribution in [0.1, 0.15) is 59.7 Å². The first-order valence-corrected chi connectivity index (χ1v) is 11.3. The largest absolute Gasteiger partial charge is 0.511 e. The summed E-state index contributed by atoms with van der Waals surface area (Å²) >= 11 is 0. The Balaban J connectivity index is 1.58. The first-order valence-electron chi connectivity index (χ1n) is 11.3. The molecule has 1 aromatic carbocycles. The maximum Gasteiger partial charge on any atom is 0.264 e. The van der Waals surface area contributed by atoms with Gasteiger partial charge in [-0.3, -0.25) is 44.0 Å². The molecule has 1 aliphatic carbocycles. The smallest absolute Gasteiger partial charge is 0.264 e. The molecule has 2 atom stereocenters. The molecule has 2 heterocycles. The summed E-state index contributed by atoms with van der Waals surface area (Å²) in [5.74, 6) is -4.31. The van der Waals surface area contributed by atoms with Crippen LogP contribution >= 0.6 is 0 Å². The van der Waals surface area contributed by atoms with E-state index in [0.29, 0.717) is 6.54 Å². The molecule has 35 heavy (non-hydrogen) atoms. The standard InChI is InChI=1S/C24H24N4O7/c1-2-8-25-21(32)12-9-17(29)14(18(30)10-12)11-26-15-5-3-4-13-20(15)24(35)28(23(13)34)16-6-7-19(31)27-22(16)33/h3-5,11-12,16,29H,2,6-10H2,1H3,(H,25,32)(H,27,31,33). The van der Waals surface area contributed by atoms with Gasteiger partial charge in [0.05, 0.1) is 28.3 Å². The number of benzene rings is 1. The molecule has 182 valence electrons. The highest BCUT2D eigenvalue weighted by atomic mass is 16.3. The van der Waals surface area contributed by atoms with Crippen molar-refractivity contribution < 1.29 is 33.9 Å². The fraction of sp³-hybridized carbons (Fsp3) is 0.375. The van der Waals surface area contributed by atoms with Crippen LogP contribution in [0, 0.1) is 5.92 Å². The number of carbonyl (C=O) groups excluding carboxylic acids is 6. The summed E-state index contributed by atoms with van der Waals surface area (Å²) in [7, 11) is 0. The molecule has 2 unspecified atom stereocenters. The molecule has 1 aromatic rings. The van der Waals surface area contributed by atoms with Gasteiger partial charge >= 0.3 is 0 Å². The molecular weight excluding hydrogens is 456 g/mol. The van der Waals surface area contributed by atoms with Gasteiger partial charge in [0.25, 0.3) is 11.8 Å². The van der Waals surface area contributed by atoms with Crippen molar-refractivity contribution in [3.8, 4) is 0 Å². The molecule has 11 nitrogen and oxygen atoms in total. The molecule has 0 saturated carbocycles. The fourth-order valence-electron chi connectivity index (χ4n) is 4.37. The molecule has 0 bridgehead atoms. The molecule has 4 rings (SSSR count). The van der Waals surface area contributed by atoms with E-state index in [2.05, 4.69) is 15.6 Å². The highest BCUT2D eigenvalue weighted by Crippen LogP contribution is 2.34. The van der Waals surface area contributed by atoms with Gasteiger partial charge < -0.3 is 10.4 Å². The van der Waals surface area contributed by atoms with Crippen LogP contribution in [-0.2, 0) is 19.2 Å². The second-order valence-corrected chi connectivity index (χ2v) is 8.58. The van der Waals surface area contributed by atoms with Gasteiger partial charge in [-0.15, -0.1) is 0 Å². The third-order valence-electron chi connectivity index (χ3n) is 6.18. The molecule has 0 spiro atoms. The van der Waals surface area contributed by atoms with Crippen LogP contribution in [0.5, 0.6) is 0 Å². The Hall–Kier alpha value is -4.15. The van der Waals surface area contributed by atoms with Gasteiger partial charge in [-0.1, -0.05) is 13.0 Å². The Kier molecular flexibility index (Phi) is 6.59. The Bertz CT molecular complexity index is 1220. The number of aliphatic imine (C=N–C) groups is 1. The summed E-state index contributed by atoms with van der Waals surface area (Å²) in [6, 6.07) is 3.30. The highest BCUT2D eigenvalue weighted by molar-refractivity contribution is 6.25. The molecule has 1 fully saturated rings. The van der Waals surface area contributed by atoms with E-state index in [-0.39, 0.29) is 59.7 Å². The van der Waals surface area contributed by atoms with Gasteiger partial charge in [0.2, 0.25) is 17.7 Å². The van der Waals surface area contributed by atoms with Gasteiger partial charge in [0.15, 0.2) is 5.78 Å². The van der Waals surface area contributed by atoms with Crippen molar-refractivity contribution in [2.75, 3.05) is 6.54 Å². The number of allylic oxidation sites excluding steroid dienone is 2. The molecule has 2 aliphatic heterocycles. The van der Waals surface area contributed by atoms with Crippen molar-refractivity contribution >= 4 is 47.2 Å². The van der Waals surface area contributed by atoms with E-state index in [9.17, 15) is 33.9 Å². The van der Waals surface area contributed by atoms with Crippen LogP contribution in [0.2, 0.25) is 0 Å². The Morgan fingerprint density at radius 3 is 2.66 bits per heavy atom. The molecule has 3 aliphatic rings. The summed E-state index contributed by atoms with van der Waals surface area (Å²) < 4.78 is 0. The predicted octanol–water partition coefficient (Wildman–Crippen LogP) is 1.11. The predicted molar refractivity (Wildman–Crippen MR) is 122 cm³/mol. The number of amides is 5. The zero-order valence-corrected chi connectivity index (χ0v) is 19.0. The Morgan fingerprint density at radius 1 is 1.20 bits per heavy atom. The average molecular weight is 480 g/mol. The lowest BCUT2D eigenvalue weighted by atomic mass is 9.87. The van der Waals surface area contributed by atoms with E-state index in [1.807, 2.05) is 6.92 Å². The second kappa shape index (κ2) is 9.61. The SMILES string of the molecule is CCCNC(=O)C1CC(=O)C(C=Nc2cccc3c2C(=O)N(C2CCC(=O)NC2=O)C3=O)=C(O)C1. The minimum atomic E-state index is -1.11. The van der Waals surface area contributed by atoms with Gasteiger partial charge in [0.1, 0.15) is 11.8 Å². The van der Waals surface area contributed by atoms with Crippen LogP contribution in [0.3, 0.4) is 0 Å². The van der Waals surface area contributed by atoms with E-state index in [1.54, 1.807) is 0 Å². The zero-order valence-electron chi connectivity index (χ0n) is 19.0. The number of ketones is 1. The minimum absolute atomic E-state index is 0.00181. The van der Waals surface area contributed by atoms with Crippen LogP contribution in [-0.4, -0.2) is 64.1 Å². The van der Waals surface area contributed by atoms with Gasteiger partial charge in [-0.25, -0.2) is 0 Å². The second-order valence-electron chi connectivity index (χ2n) is 8.58. The van der Waals surface area contributed by atoms with Crippen molar-refractivity contribution in [1.29, 1.82) is 0 Å². The van der Waals surface area contributed by atoms with Crippen LogP contribution in [0.4, 0.5) is 5.69 Å². The summed E-state index contributed by atoms with van der Waals surface area (Å²) in [4.78, 5) is 79.5. The van der Waals surface area contributed by atoms with E-state index in [0.717, 1.165) is 17.5 Å². The maximum atomic E-state index is 13.1. The normalized spacial score (nSPS) is 22.7. The number of aliphatic hydroxyl groups excluding tert-OH is 1. The van der Waals surface area contributed by atoms with Crippen LogP contribution in [0.15, 0.2) is 34.5 Å². The van der Waals surface area contributed by atoms with Crippen molar-refractivity contribution in [3.63, 3.8) is 0 Å². The number of carbonyl (C=O) groups is 6. The number of hydrogen-bond donors (Lipinski definition) is 3. The number of fused-ring (bicyclic) bond motifs is 1. The third kappa shape index (κ3) is 4.48. The monoisotopic (exact) mass is 480 g/mol. The molecule has 1 saturated heterocycles. The minimum Gasteiger partial charge on any atom is -0.511 e. The van der Waals surface area contributed by atoms with Crippen molar-refractivity contribution in [1.82, 2.24) is 15.5 Å². The number of nitrogens with zero attached hydrogens (tertiary/aromatic N) is 2. The zero-order chi connectivity index (χ0) is 25.3. The summed E-state index contributed by atoms with van der Waals surface area (Å²) in [6.07, 6.45) is 1.79. The van der Waals surface area contributed by atoms with Gasteiger partial charge in [-0.05, 0) is 25.0 Å². The maximum absolute atomic E-state index is 13.1. The van der Waals surface area contributed by atoms with E-state index in [4.69, 9.17) is 0 Å². The number of imide groups is 2. The number of hydrogen-bond acceptors (Lipinski definition) is 8. The van der Waals surface area contributed by atoms with E-state index < -0.39 is 41.4 Å². The lowest BCUT2D eigenvalue weighted by Crippen LogP contribution is -2.54. The molecular formula is C24H24N4O7. The quantitative estimate of drug-likeness (QED) is 0.406. The number of aliphatic hydroxyl groups is 1. The first-order chi connectivity index (χ1) is 16.7. The number of Topliss-reactive ketones (excluding diaryl/α,β-unsaturated/α-hetero) is 1. The summed E-state index contributed by atoms with van der Waals surface area (Å²) in [6.45, 7) is 2.38. The molecule has 0 radical (unpaired) electrons. The van der Waals surface area contributed by atoms with Crippen molar-refractivity contribution in [2.24, 2.45) is 10.9 Å². The van der Waals surface area contributed by atoms with Crippen molar-refractivity contribution in [2.45, 2.75) is 45.1 Å². The highest BCUT2D eigenvalue weighted by Gasteiger charge is 2.45. The number of piperidine rings is 1. The van der Waals surface area contributed by atoms with Gasteiger partial charge in [-0.2, -0.15) is 0 Å². The lowest BCUT2D eigenvalue weighted by Gasteiger charge is -2.27. The molecule has 5 amide bonds. The van der Waals surface area contributed by atoms with Crippen LogP contribution in [0.25, 0.3) is 0 Å². The third-order valence-corrected chi connectivity index (χ3v) is 6.18. The van der Waals surface area contributed by atoms with E-state index in [1.165, 1.54) is 18.2 Å². The van der Waals surface area contributed by atoms with Gasteiger partial charge in [0, 0.05) is 32.0 Å². The number of nitrogens with one attached hydrogen (secondary N) is 2. The van der Waals surface area contributed by atoms with Crippen LogP contribution < -0.4 is 10.6 Å². The average Bonchev–Trinajstić information content (AvgIpc) is 3.07. The fourth-order valence-corrected chi connectivity index (χ4v) is 4.37. The molecule has 11 heteroatoms. The van der Waals surface area contributed by atoms with E-state index >= 15 is 0 Å².